The van der Waals surface area contributed by atoms with E-state index in [0.29, 0.717) is 0 Å². The van der Waals surface area contributed by atoms with Crippen molar-refractivity contribution >= 4 is 32.2 Å². The highest BCUT2D eigenvalue weighted by atomic mass is 32.2. The average Bonchev–Trinajstić information content (AvgIpc) is 3.29. The molecule has 1 aromatic carbocycles. The number of rotatable bonds is 5. The van der Waals surface area contributed by atoms with Crippen LogP contribution in [0.2, 0.25) is 0 Å². The number of hydrogen-bond acceptors (Lipinski definition) is 5. The van der Waals surface area contributed by atoms with Crippen LogP contribution in [0.3, 0.4) is 0 Å². The Hall–Kier alpha value is -2.80. The van der Waals surface area contributed by atoms with Crippen LogP contribution >= 0.6 is 0 Å². The van der Waals surface area contributed by atoms with E-state index in [1.807, 2.05) is 30.5 Å². The molecule has 1 saturated carbocycles. The summed E-state index contributed by atoms with van der Waals surface area (Å²) in [7, 11) is -2.17. The van der Waals surface area contributed by atoms with Gasteiger partial charge >= 0.3 is 0 Å². The molecule has 1 aliphatic carbocycles. The molecule has 3 heterocycles. The lowest BCUT2D eigenvalue weighted by Gasteiger charge is -2.45. The summed E-state index contributed by atoms with van der Waals surface area (Å²) < 4.78 is 12.1. The first-order chi connectivity index (χ1) is 14.4. The minimum absolute atomic E-state index is 0.161. The normalized spacial score (nSPS) is 19.8. The van der Waals surface area contributed by atoms with Gasteiger partial charge in [0.1, 0.15) is 17.8 Å². The van der Waals surface area contributed by atoms with E-state index in [2.05, 4.69) is 43.3 Å². The number of aromatic amines is 1. The van der Waals surface area contributed by atoms with Crippen LogP contribution in [0.25, 0.3) is 11.0 Å². The summed E-state index contributed by atoms with van der Waals surface area (Å²) in [5.74, 6) is 4.78. The largest absolute Gasteiger partial charge is 0.366 e. The van der Waals surface area contributed by atoms with E-state index in [1.54, 1.807) is 12.6 Å². The van der Waals surface area contributed by atoms with Crippen LogP contribution in [0, 0.1) is 0 Å². The number of nitrogens with zero attached hydrogens (tertiary/aromatic N) is 4. The van der Waals surface area contributed by atoms with Crippen molar-refractivity contribution in [2.24, 2.45) is 0 Å². The number of aromatic nitrogens is 3. The number of H-pyrrole nitrogens is 1. The monoisotopic (exact) mass is 421 g/mol. The van der Waals surface area contributed by atoms with E-state index in [1.165, 1.54) is 18.4 Å². The quantitative estimate of drug-likeness (QED) is 0.642. The van der Waals surface area contributed by atoms with Crippen LogP contribution in [0.5, 0.6) is 0 Å². The molecule has 1 spiro atoms. The first-order valence-electron chi connectivity index (χ1n) is 10.3. The van der Waals surface area contributed by atoms with Gasteiger partial charge in [-0.2, -0.15) is 0 Å². The van der Waals surface area contributed by atoms with Crippen molar-refractivity contribution in [1.29, 1.82) is 0 Å². The van der Waals surface area contributed by atoms with Crippen LogP contribution in [-0.2, 0) is 15.9 Å². The van der Waals surface area contributed by atoms with Crippen molar-refractivity contribution in [3.05, 3.63) is 60.7 Å². The van der Waals surface area contributed by atoms with Crippen molar-refractivity contribution < 1.29 is 4.21 Å². The van der Waals surface area contributed by atoms with Crippen LogP contribution in [0.1, 0.15) is 18.4 Å². The molecule has 2 fully saturated rings. The Kier molecular flexibility index (Phi) is 4.39. The van der Waals surface area contributed by atoms with Crippen molar-refractivity contribution in [2.45, 2.75) is 29.7 Å². The summed E-state index contributed by atoms with van der Waals surface area (Å²) in [6.07, 6.45) is 8.41. The van der Waals surface area contributed by atoms with Crippen molar-refractivity contribution in [2.75, 3.05) is 30.8 Å². The van der Waals surface area contributed by atoms with Gasteiger partial charge < -0.3 is 14.8 Å². The number of anilines is 1. The van der Waals surface area contributed by atoms with Gasteiger partial charge in [0.25, 0.3) is 0 Å². The summed E-state index contributed by atoms with van der Waals surface area (Å²) in [5, 5.41) is 1.08. The van der Waals surface area contributed by atoms with E-state index in [4.69, 9.17) is 0 Å². The molecule has 1 unspecified atom stereocenters. The van der Waals surface area contributed by atoms with Crippen LogP contribution in [0.15, 0.2) is 60.0 Å². The lowest BCUT2D eigenvalue weighted by atomic mass is 10.0. The van der Waals surface area contributed by atoms with E-state index in [0.717, 1.165) is 53.5 Å². The predicted octanol–water partition coefficient (Wildman–Crippen LogP) is 3.07. The van der Waals surface area contributed by atoms with Gasteiger partial charge in [-0.3, -0.25) is 4.21 Å². The topological polar surface area (TPSA) is 65.1 Å². The van der Waals surface area contributed by atoms with E-state index in [-0.39, 0.29) is 5.54 Å². The van der Waals surface area contributed by atoms with E-state index >= 15 is 0 Å². The zero-order valence-corrected chi connectivity index (χ0v) is 18.1. The van der Waals surface area contributed by atoms with Gasteiger partial charge in [0.05, 0.1) is 10.9 Å². The van der Waals surface area contributed by atoms with Crippen LogP contribution < -0.4 is 4.90 Å². The second kappa shape index (κ2) is 6.87. The van der Waals surface area contributed by atoms with E-state index < -0.39 is 9.52 Å². The fourth-order valence-electron chi connectivity index (χ4n) is 4.56. The first kappa shape index (κ1) is 19.2. The van der Waals surface area contributed by atoms with E-state index in [9.17, 15) is 4.21 Å². The molecule has 1 aliphatic heterocycles. The summed E-state index contributed by atoms with van der Waals surface area (Å²) in [5.41, 5.74) is 3.39. The predicted molar refractivity (Wildman–Crippen MR) is 124 cm³/mol. The molecule has 1 N–H and O–H groups in total. The minimum Gasteiger partial charge on any atom is -0.366 e. The highest BCUT2D eigenvalue weighted by Gasteiger charge is 2.52. The Morgan fingerprint density at radius 1 is 1.20 bits per heavy atom. The third-order valence-corrected chi connectivity index (χ3v) is 7.59. The van der Waals surface area contributed by atoms with Gasteiger partial charge in [0.2, 0.25) is 0 Å². The molecule has 2 aromatic heterocycles. The number of benzene rings is 1. The number of allylic oxidation sites excluding steroid dienone is 1. The minimum atomic E-state index is -2.17. The fraction of sp³-hybridized carbons (Fsp3) is 0.348. The van der Waals surface area contributed by atoms with Gasteiger partial charge in [-0.05, 0) is 52.0 Å². The van der Waals surface area contributed by atoms with Crippen molar-refractivity contribution in [3.63, 3.8) is 0 Å². The average molecular weight is 422 g/mol. The smallest absolute Gasteiger partial charge is 0.142 e. The molecule has 3 aromatic rings. The molecule has 2 aliphatic rings. The molecule has 6 nitrogen and oxygen atoms in total. The second-order valence-corrected chi connectivity index (χ2v) is 11.1. The van der Waals surface area contributed by atoms with Crippen LogP contribution in [-0.4, -0.2) is 61.4 Å². The summed E-state index contributed by atoms with van der Waals surface area (Å²) in [6, 6.07) is 10.0. The molecule has 1 saturated heterocycles. The Morgan fingerprint density at radius 2 is 1.97 bits per heavy atom. The first-order valence-corrected chi connectivity index (χ1v) is 12.4. The highest BCUT2D eigenvalue weighted by molar-refractivity contribution is 7.99. The lowest BCUT2D eigenvalue weighted by Crippen LogP contribution is -2.54. The van der Waals surface area contributed by atoms with Gasteiger partial charge in [-0.15, -0.1) is 0 Å². The maximum absolute atomic E-state index is 12.1. The van der Waals surface area contributed by atoms with Crippen molar-refractivity contribution in [3.8, 4) is 0 Å². The van der Waals surface area contributed by atoms with Crippen LogP contribution in [0.4, 0.5) is 5.82 Å². The summed E-state index contributed by atoms with van der Waals surface area (Å²) in [4.78, 5) is 17.8. The number of piperazine rings is 1. The Morgan fingerprint density at radius 3 is 2.67 bits per heavy atom. The van der Waals surface area contributed by atoms with Gasteiger partial charge in [0.15, 0.2) is 0 Å². The molecule has 156 valence electrons. The number of nitrogens with one attached hydrogen (secondary N) is 1. The second-order valence-electron chi connectivity index (χ2n) is 8.63. The molecular formula is C23H27N5OS. The number of fused-ring (bicyclic) bond motifs is 1. The SMILES string of the molecule is C=C(Cc1ccc(S(=C)(C)=O)cc1)N1CCN(c2ncnc3[nH]ccc23)CC12CC2. The Labute approximate surface area is 177 Å². The van der Waals surface area contributed by atoms with Crippen molar-refractivity contribution in [1.82, 2.24) is 19.9 Å². The molecule has 30 heavy (non-hydrogen) atoms. The molecule has 1 atom stereocenters. The Balaban J connectivity index is 1.31. The molecular weight excluding hydrogens is 394 g/mol. The Bertz CT molecular complexity index is 1210. The third kappa shape index (κ3) is 3.37. The lowest BCUT2D eigenvalue weighted by molar-refractivity contribution is 0.204. The van der Waals surface area contributed by atoms with Gasteiger partial charge in [-0.25, -0.2) is 9.97 Å². The number of hydrogen-bond donors (Lipinski definition) is 1. The fourth-order valence-corrected chi connectivity index (χ4v) is 5.27. The maximum atomic E-state index is 12.1. The third-order valence-electron chi connectivity index (χ3n) is 6.32. The summed E-state index contributed by atoms with van der Waals surface area (Å²) in [6.45, 7) is 7.24. The summed E-state index contributed by atoms with van der Waals surface area (Å²) >= 11 is 0. The molecule has 0 amide bonds. The zero-order valence-electron chi connectivity index (χ0n) is 17.3. The van der Waals surface area contributed by atoms with Gasteiger partial charge in [0, 0.05) is 49.1 Å². The highest BCUT2D eigenvalue weighted by Crippen LogP contribution is 2.47. The molecule has 5 rings (SSSR count). The molecule has 0 radical (unpaired) electrons. The standard InChI is InChI=1S/C23H27N5OS/c1-17(14-18-4-6-19(7-5-18)30(2,3)29)28-13-12-27(15-23(28)9-10-23)22-20-8-11-24-21(20)25-16-26-22/h4-8,11,16H,1-2,9-10,12-15H2,3H3,(H,24,25,26). The van der Waals surface area contributed by atoms with Gasteiger partial charge in [-0.1, -0.05) is 18.7 Å². The molecule has 0 bridgehead atoms. The maximum Gasteiger partial charge on any atom is 0.142 e. The zero-order chi connectivity index (χ0) is 20.9. The molecule has 7 heteroatoms.